The van der Waals surface area contributed by atoms with Gasteiger partial charge in [-0.3, -0.25) is 10.1 Å². The number of carbonyl (C=O) groups excluding carboxylic acids is 1. The Morgan fingerprint density at radius 3 is 2.53 bits per heavy atom. The molecule has 2 aromatic rings. The molecule has 0 radical (unpaired) electrons. The molecule has 1 heterocycles. The van der Waals surface area contributed by atoms with Gasteiger partial charge in [0.05, 0.1) is 6.54 Å². The van der Waals surface area contributed by atoms with Crippen molar-refractivity contribution in [2.75, 3.05) is 18.9 Å². The number of nitrogens with one attached hydrogen (secondary N) is 2. The molecule has 1 aromatic carbocycles. The Balaban J connectivity index is 2.18. The maximum absolute atomic E-state index is 11.4. The van der Waals surface area contributed by atoms with Crippen molar-refractivity contribution in [1.82, 2.24) is 15.5 Å². The maximum Gasteiger partial charge on any atom is 0.240 e. The number of nitrogens with zero attached hydrogens (tertiary/aromatic N) is 2. The van der Waals surface area contributed by atoms with Gasteiger partial charge in [-0.25, -0.2) is 0 Å². The second-order valence-corrected chi connectivity index (χ2v) is 5.34. The number of likely N-dealkylation sites (N-methyl/N-ethyl adjacent to an activating group) is 1. The topological polar surface area (TPSA) is 66.9 Å². The van der Waals surface area contributed by atoms with E-state index in [1.165, 1.54) is 22.5 Å². The lowest BCUT2D eigenvalue weighted by Crippen LogP contribution is -2.24. The van der Waals surface area contributed by atoms with Gasteiger partial charge in [-0.2, -0.15) is 0 Å². The largest absolute Gasteiger partial charge is 0.311 e. The lowest BCUT2D eigenvalue weighted by Gasteiger charge is -2.00. The molecule has 0 aliphatic carbocycles. The highest BCUT2D eigenvalue weighted by Crippen LogP contribution is 2.27. The summed E-state index contributed by atoms with van der Waals surface area (Å²) in [5, 5.41) is 14.9. The van der Waals surface area contributed by atoms with E-state index in [2.05, 4.69) is 39.0 Å². The maximum atomic E-state index is 11.4. The predicted octanol–water partition coefficient (Wildman–Crippen LogP) is 1.98. The van der Waals surface area contributed by atoms with Crippen molar-refractivity contribution in [1.29, 1.82) is 0 Å². The zero-order valence-corrected chi connectivity index (χ0v) is 12.0. The molecule has 0 saturated heterocycles. The van der Waals surface area contributed by atoms with Gasteiger partial charge in [0, 0.05) is 5.56 Å². The van der Waals surface area contributed by atoms with E-state index in [9.17, 15) is 4.79 Å². The third-order valence-electron chi connectivity index (χ3n) is 2.48. The third kappa shape index (κ3) is 3.59. The summed E-state index contributed by atoms with van der Waals surface area (Å²) in [4.78, 5) is 11.4. The zero-order chi connectivity index (χ0) is 13.8. The molecular formula is C13H16N4OS. The molecule has 0 fully saturated rings. The monoisotopic (exact) mass is 276 g/mol. The molecule has 2 rings (SSSR count). The summed E-state index contributed by atoms with van der Waals surface area (Å²) < 4.78 is 0. The van der Waals surface area contributed by atoms with Gasteiger partial charge in [0.2, 0.25) is 11.0 Å². The number of aromatic nitrogens is 2. The van der Waals surface area contributed by atoms with Gasteiger partial charge in [-0.1, -0.05) is 28.5 Å². The first-order valence-electron chi connectivity index (χ1n) is 5.95. The smallest absolute Gasteiger partial charge is 0.240 e. The van der Waals surface area contributed by atoms with Crippen molar-refractivity contribution in [3.8, 4) is 10.6 Å². The van der Waals surface area contributed by atoms with Crippen LogP contribution in [0.25, 0.3) is 10.6 Å². The average Bonchev–Trinajstić information content (AvgIpc) is 2.76. The summed E-state index contributed by atoms with van der Waals surface area (Å²) in [6.45, 7) is 4.36. The van der Waals surface area contributed by atoms with Gasteiger partial charge in [-0.15, -0.1) is 10.2 Å². The van der Waals surface area contributed by atoms with Crippen molar-refractivity contribution in [3.63, 3.8) is 0 Å². The van der Waals surface area contributed by atoms with Crippen LogP contribution < -0.4 is 10.6 Å². The molecule has 0 aliphatic rings. The Morgan fingerprint density at radius 2 is 1.89 bits per heavy atom. The third-order valence-corrected chi connectivity index (χ3v) is 3.37. The van der Waals surface area contributed by atoms with Crippen LogP contribution in [0.5, 0.6) is 0 Å². The first kappa shape index (κ1) is 13.6. The molecule has 0 saturated carbocycles. The Morgan fingerprint density at radius 1 is 1.21 bits per heavy atom. The molecule has 0 aliphatic heterocycles. The predicted molar refractivity (Wildman–Crippen MR) is 77.4 cm³/mol. The minimum atomic E-state index is -0.120. The van der Waals surface area contributed by atoms with E-state index in [1.807, 2.05) is 13.8 Å². The van der Waals surface area contributed by atoms with Crippen molar-refractivity contribution in [2.45, 2.75) is 13.8 Å². The van der Waals surface area contributed by atoms with Gasteiger partial charge in [0.25, 0.3) is 0 Å². The van der Waals surface area contributed by atoms with Gasteiger partial charge in [0.1, 0.15) is 5.01 Å². The SMILES string of the molecule is CNCC(=O)Nc1nnc(-c2cc(C)cc(C)c2)s1. The Labute approximate surface area is 116 Å². The van der Waals surface area contributed by atoms with E-state index in [-0.39, 0.29) is 12.5 Å². The summed E-state index contributed by atoms with van der Waals surface area (Å²) in [6.07, 6.45) is 0. The second kappa shape index (κ2) is 5.90. The Hall–Kier alpha value is -1.79. The zero-order valence-electron chi connectivity index (χ0n) is 11.2. The molecule has 0 atom stereocenters. The molecule has 0 bridgehead atoms. The summed E-state index contributed by atoms with van der Waals surface area (Å²) in [5.41, 5.74) is 3.40. The summed E-state index contributed by atoms with van der Waals surface area (Å²) >= 11 is 1.38. The van der Waals surface area contributed by atoms with Crippen LogP contribution in [0.1, 0.15) is 11.1 Å². The minimum absolute atomic E-state index is 0.120. The van der Waals surface area contributed by atoms with Crippen LogP contribution in [-0.4, -0.2) is 29.7 Å². The minimum Gasteiger partial charge on any atom is -0.311 e. The standard InChI is InChI=1S/C13H16N4OS/c1-8-4-9(2)6-10(5-8)12-16-17-13(19-12)15-11(18)7-14-3/h4-6,14H,7H2,1-3H3,(H,15,17,18). The van der Waals surface area contributed by atoms with Gasteiger partial charge in [0.15, 0.2) is 0 Å². The molecular weight excluding hydrogens is 260 g/mol. The van der Waals surface area contributed by atoms with E-state index in [0.29, 0.717) is 5.13 Å². The normalized spacial score (nSPS) is 10.5. The van der Waals surface area contributed by atoms with Crippen molar-refractivity contribution < 1.29 is 4.79 Å². The van der Waals surface area contributed by atoms with Crippen LogP contribution in [0.3, 0.4) is 0 Å². The van der Waals surface area contributed by atoms with Crippen LogP contribution in [0.2, 0.25) is 0 Å². The number of aryl methyl sites for hydroxylation is 2. The van der Waals surface area contributed by atoms with E-state index >= 15 is 0 Å². The van der Waals surface area contributed by atoms with E-state index < -0.39 is 0 Å². The van der Waals surface area contributed by atoms with Crippen LogP contribution >= 0.6 is 11.3 Å². The number of benzene rings is 1. The van der Waals surface area contributed by atoms with E-state index in [0.717, 1.165) is 10.6 Å². The highest BCUT2D eigenvalue weighted by Gasteiger charge is 2.09. The highest BCUT2D eigenvalue weighted by atomic mass is 32.1. The quantitative estimate of drug-likeness (QED) is 0.896. The van der Waals surface area contributed by atoms with E-state index in [4.69, 9.17) is 0 Å². The van der Waals surface area contributed by atoms with Gasteiger partial charge >= 0.3 is 0 Å². The number of rotatable bonds is 4. The Bertz CT molecular complexity index is 574. The van der Waals surface area contributed by atoms with Gasteiger partial charge < -0.3 is 5.32 Å². The van der Waals surface area contributed by atoms with E-state index in [1.54, 1.807) is 7.05 Å². The van der Waals surface area contributed by atoms with Crippen molar-refractivity contribution in [3.05, 3.63) is 29.3 Å². The number of anilines is 1. The lowest BCUT2D eigenvalue weighted by atomic mass is 10.1. The van der Waals surface area contributed by atoms with Crippen LogP contribution in [-0.2, 0) is 4.79 Å². The number of amides is 1. The average molecular weight is 276 g/mol. The summed E-state index contributed by atoms with van der Waals surface area (Å²) in [6, 6.07) is 6.24. The molecule has 6 heteroatoms. The van der Waals surface area contributed by atoms with Crippen LogP contribution in [0.15, 0.2) is 18.2 Å². The fraction of sp³-hybridized carbons (Fsp3) is 0.308. The molecule has 19 heavy (non-hydrogen) atoms. The van der Waals surface area contributed by atoms with Crippen molar-refractivity contribution in [2.24, 2.45) is 0 Å². The van der Waals surface area contributed by atoms with Crippen LogP contribution in [0.4, 0.5) is 5.13 Å². The number of hydrogen-bond donors (Lipinski definition) is 2. The molecule has 100 valence electrons. The molecule has 5 nitrogen and oxygen atoms in total. The second-order valence-electron chi connectivity index (χ2n) is 4.37. The first-order valence-corrected chi connectivity index (χ1v) is 6.77. The molecule has 1 amide bonds. The number of hydrogen-bond acceptors (Lipinski definition) is 5. The molecule has 1 aromatic heterocycles. The summed E-state index contributed by atoms with van der Waals surface area (Å²) in [5.74, 6) is -0.120. The molecule has 0 unspecified atom stereocenters. The fourth-order valence-corrected chi connectivity index (χ4v) is 2.56. The first-order chi connectivity index (χ1) is 9.08. The fourth-order valence-electron chi connectivity index (χ4n) is 1.81. The lowest BCUT2D eigenvalue weighted by molar-refractivity contribution is -0.115. The molecule has 2 N–H and O–H groups in total. The Kier molecular flexibility index (Phi) is 4.24. The summed E-state index contributed by atoms with van der Waals surface area (Å²) in [7, 11) is 1.72. The number of carbonyl (C=O) groups is 1. The van der Waals surface area contributed by atoms with Crippen LogP contribution in [0, 0.1) is 13.8 Å². The van der Waals surface area contributed by atoms with Gasteiger partial charge in [-0.05, 0) is 33.0 Å². The van der Waals surface area contributed by atoms with Crippen molar-refractivity contribution >= 4 is 22.4 Å². The highest BCUT2D eigenvalue weighted by molar-refractivity contribution is 7.18. The molecule has 0 spiro atoms.